The molecule has 1 N–H and O–H groups in total. The van der Waals surface area contributed by atoms with E-state index in [1.807, 2.05) is 19.9 Å². The van der Waals surface area contributed by atoms with Gasteiger partial charge in [0, 0.05) is 19.0 Å². The second-order valence-corrected chi connectivity index (χ2v) is 5.12. The Hall–Kier alpha value is -1.42. The Kier molecular flexibility index (Phi) is 5.96. The molecule has 0 aliphatic rings. The number of halogens is 1. The lowest BCUT2D eigenvalue weighted by atomic mass is 10.1. The summed E-state index contributed by atoms with van der Waals surface area (Å²) in [4.78, 5) is 13.8. The maximum atomic E-state index is 13.0. The normalized spacial score (nSPS) is 12.5. The minimum atomic E-state index is -0.541. The molecule has 0 bridgehead atoms. The molecule has 0 aromatic heterocycles. The molecule has 4 heteroatoms. The average molecular weight is 267 g/mol. The third-order valence-electron chi connectivity index (χ3n) is 2.92. The second-order valence-electron chi connectivity index (χ2n) is 5.12. The number of amides is 1. The first-order valence-corrected chi connectivity index (χ1v) is 6.62. The first-order chi connectivity index (χ1) is 8.90. The molecule has 1 amide bonds. The summed E-state index contributed by atoms with van der Waals surface area (Å²) < 4.78 is 13.0. The van der Waals surface area contributed by atoms with Crippen LogP contribution < -0.4 is 0 Å². The largest absolute Gasteiger partial charge is 0.392 e. The quantitative estimate of drug-likeness (QED) is 0.859. The van der Waals surface area contributed by atoms with Gasteiger partial charge in [-0.25, -0.2) is 4.39 Å². The Morgan fingerprint density at radius 3 is 2.58 bits per heavy atom. The minimum absolute atomic E-state index is 0.0137. The van der Waals surface area contributed by atoms with Crippen molar-refractivity contribution in [1.82, 2.24) is 4.90 Å². The van der Waals surface area contributed by atoms with Crippen molar-refractivity contribution in [3.8, 4) is 0 Å². The molecule has 1 atom stereocenters. The fraction of sp³-hybridized carbons (Fsp3) is 0.533. The molecule has 3 nitrogen and oxygen atoms in total. The van der Waals surface area contributed by atoms with Gasteiger partial charge in [-0.05, 0) is 44.9 Å². The number of aliphatic hydroxyl groups is 1. The van der Waals surface area contributed by atoms with E-state index in [0.29, 0.717) is 19.4 Å². The smallest absolute Gasteiger partial charge is 0.223 e. The molecule has 0 radical (unpaired) electrons. The Bertz CT molecular complexity index is 418. The van der Waals surface area contributed by atoms with E-state index < -0.39 is 6.10 Å². The number of aliphatic hydroxyl groups excluding tert-OH is 1. The van der Waals surface area contributed by atoms with Crippen LogP contribution in [0.5, 0.6) is 0 Å². The number of hydrogen-bond acceptors (Lipinski definition) is 2. The third kappa shape index (κ3) is 5.39. The standard InChI is InChI=1S/C15H22FNO2/c1-11(2)17(10-12(3)18)15(19)8-7-13-5-4-6-14(16)9-13/h4-6,9,11-12,18H,7-8,10H2,1-3H3. The molecule has 0 saturated heterocycles. The van der Waals surface area contributed by atoms with E-state index in [-0.39, 0.29) is 17.8 Å². The van der Waals surface area contributed by atoms with Crippen molar-refractivity contribution in [1.29, 1.82) is 0 Å². The van der Waals surface area contributed by atoms with E-state index in [9.17, 15) is 14.3 Å². The third-order valence-corrected chi connectivity index (χ3v) is 2.92. The summed E-state index contributed by atoms with van der Waals surface area (Å²) in [6, 6.07) is 6.34. The highest BCUT2D eigenvalue weighted by atomic mass is 19.1. The highest BCUT2D eigenvalue weighted by Gasteiger charge is 2.18. The van der Waals surface area contributed by atoms with Gasteiger partial charge in [0.15, 0.2) is 0 Å². The van der Waals surface area contributed by atoms with Crippen LogP contribution in [0.2, 0.25) is 0 Å². The zero-order valence-corrected chi connectivity index (χ0v) is 11.8. The molecular formula is C15H22FNO2. The molecule has 106 valence electrons. The SMILES string of the molecule is CC(O)CN(C(=O)CCc1cccc(F)c1)C(C)C. The number of nitrogens with zero attached hydrogens (tertiary/aromatic N) is 1. The van der Waals surface area contributed by atoms with Gasteiger partial charge in [0.05, 0.1) is 6.10 Å². The summed E-state index contributed by atoms with van der Waals surface area (Å²) in [5.74, 6) is -0.296. The van der Waals surface area contributed by atoms with Crippen LogP contribution in [0.15, 0.2) is 24.3 Å². The monoisotopic (exact) mass is 267 g/mol. The lowest BCUT2D eigenvalue weighted by Gasteiger charge is -2.28. The maximum absolute atomic E-state index is 13.0. The highest BCUT2D eigenvalue weighted by molar-refractivity contribution is 5.76. The van der Waals surface area contributed by atoms with E-state index in [4.69, 9.17) is 0 Å². The zero-order chi connectivity index (χ0) is 14.4. The topological polar surface area (TPSA) is 40.5 Å². The highest BCUT2D eigenvalue weighted by Crippen LogP contribution is 2.09. The number of hydrogen-bond donors (Lipinski definition) is 1. The van der Waals surface area contributed by atoms with Crippen molar-refractivity contribution >= 4 is 5.91 Å². The lowest BCUT2D eigenvalue weighted by Crippen LogP contribution is -2.41. The van der Waals surface area contributed by atoms with Crippen molar-refractivity contribution in [3.05, 3.63) is 35.6 Å². The van der Waals surface area contributed by atoms with E-state index in [2.05, 4.69) is 0 Å². The van der Waals surface area contributed by atoms with Crippen LogP contribution in [-0.4, -0.2) is 34.6 Å². The number of carbonyl (C=O) groups excluding carboxylic acids is 1. The number of benzene rings is 1. The van der Waals surface area contributed by atoms with Crippen molar-refractivity contribution in [2.45, 2.75) is 45.8 Å². The molecule has 1 aromatic carbocycles. The summed E-state index contributed by atoms with van der Waals surface area (Å²) >= 11 is 0. The molecular weight excluding hydrogens is 245 g/mol. The lowest BCUT2D eigenvalue weighted by molar-refractivity contribution is -0.134. The molecule has 0 saturated carbocycles. The van der Waals surface area contributed by atoms with Gasteiger partial charge < -0.3 is 10.0 Å². The predicted molar refractivity (Wildman–Crippen MR) is 73.3 cm³/mol. The molecule has 19 heavy (non-hydrogen) atoms. The van der Waals surface area contributed by atoms with Gasteiger partial charge in [0.25, 0.3) is 0 Å². The molecule has 1 unspecified atom stereocenters. The van der Waals surface area contributed by atoms with Gasteiger partial charge in [-0.2, -0.15) is 0 Å². The summed E-state index contributed by atoms with van der Waals surface area (Å²) in [6.07, 6.45) is 0.300. The van der Waals surface area contributed by atoms with Gasteiger partial charge in [-0.1, -0.05) is 12.1 Å². The van der Waals surface area contributed by atoms with Gasteiger partial charge in [0.2, 0.25) is 5.91 Å². The average Bonchev–Trinajstić information content (AvgIpc) is 2.32. The van der Waals surface area contributed by atoms with Gasteiger partial charge in [0.1, 0.15) is 5.82 Å². The summed E-state index contributed by atoms with van der Waals surface area (Å²) in [5, 5.41) is 9.40. The summed E-state index contributed by atoms with van der Waals surface area (Å²) in [6.45, 7) is 5.83. The van der Waals surface area contributed by atoms with Crippen LogP contribution in [0.4, 0.5) is 4.39 Å². The Labute approximate surface area is 114 Å². The summed E-state index contributed by atoms with van der Waals surface area (Å²) in [7, 11) is 0. The fourth-order valence-electron chi connectivity index (χ4n) is 1.97. The Morgan fingerprint density at radius 1 is 1.37 bits per heavy atom. The fourth-order valence-corrected chi connectivity index (χ4v) is 1.97. The van der Waals surface area contributed by atoms with Crippen LogP contribution in [0.3, 0.4) is 0 Å². The van der Waals surface area contributed by atoms with Crippen molar-refractivity contribution in [2.24, 2.45) is 0 Å². The van der Waals surface area contributed by atoms with Gasteiger partial charge >= 0.3 is 0 Å². The molecule has 0 aliphatic carbocycles. The van der Waals surface area contributed by atoms with Gasteiger partial charge in [-0.15, -0.1) is 0 Å². The number of aryl methyl sites for hydroxylation is 1. The molecule has 1 aromatic rings. The Balaban J connectivity index is 2.57. The zero-order valence-electron chi connectivity index (χ0n) is 11.8. The molecule has 0 fully saturated rings. The second kappa shape index (κ2) is 7.24. The number of rotatable bonds is 6. The summed E-state index contributed by atoms with van der Waals surface area (Å²) in [5.41, 5.74) is 0.814. The van der Waals surface area contributed by atoms with Crippen molar-refractivity contribution in [2.75, 3.05) is 6.54 Å². The van der Waals surface area contributed by atoms with E-state index in [0.717, 1.165) is 5.56 Å². The van der Waals surface area contributed by atoms with E-state index in [1.54, 1.807) is 17.9 Å². The van der Waals surface area contributed by atoms with Crippen LogP contribution in [0.25, 0.3) is 0 Å². The van der Waals surface area contributed by atoms with Crippen molar-refractivity contribution < 1.29 is 14.3 Å². The van der Waals surface area contributed by atoms with Gasteiger partial charge in [-0.3, -0.25) is 4.79 Å². The maximum Gasteiger partial charge on any atom is 0.223 e. The first-order valence-electron chi connectivity index (χ1n) is 6.62. The van der Waals surface area contributed by atoms with Crippen LogP contribution in [-0.2, 0) is 11.2 Å². The molecule has 1 rings (SSSR count). The van der Waals surface area contributed by atoms with Crippen LogP contribution >= 0.6 is 0 Å². The van der Waals surface area contributed by atoms with E-state index >= 15 is 0 Å². The first kappa shape index (κ1) is 15.6. The number of carbonyl (C=O) groups is 1. The minimum Gasteiger partial charge on any atom is -0.392 e. The van der Waals surface area contributed by atoms with Crippen LogP contribution in [0, 0.1) is 5.82 Å². The molecule has 0 aliphatic heterocycles. The van der Waals surface area contributed by atoms with E-state index in [1.165, 1.54) is 12.1 Å². The predicted octanol–water partition coefficient (Wildman–Crippen LogP) is 2.38. The van der Waals surface area contributed by atoms with Crippen LogP contribution in [0.1, 0.15) is 32.8 Å². The Morgan fingerprint density at radius 2 is 2.05 bits per heavy atom. The molecule has 0 heterocycles. The van der Waals surface area contributed by atoms with Crippen molar-refractivity contribution in [3.63, 3.8) is 0 Å². The molecule has 0 spiro atoms.